The van der Waals surface area contributed by atoms with Crippen LogP contribution in [-0.2, 0) is 10.8 Å². The average Bonchev–Trinajstić information content (AvgIpc) is 2.46. The highest BCUT2D eigenvalue weighted by atomic mass is 32.2. The first-order chi connectivity index (χ1) is 5.77. The lowest BCUT2D eigenvalue weighted by Crippen LogP contribution is -1.80. The van der Waals surface area contributed by atoms with Crippen molar-refractivity contribution in [3.63, 3.8) is 0 Å². The van der Waals surface area contributed by atoms with Gasteiger partial charge in [-0.1, -0.05) is 18.2 Å². The van der Waals surface area contributed by atoms with E-state index in [0.717, 1.165) is 11.0 Å². The number of para-hydroxylation sites is 1. The molecule has 0 spiro atoms. The molecule has 1 unspecified atom stereocenters. The minimum atomic E-state index is -1.03. The molecule has 2 aromatic rings. The molecule has 2 rings (SSSR count). The largest absolute Gasteiger partial charge is 0.447 e. The Morgan fingerprint density at radius 2 is 2.00 bits per heavy atom. The molecule has 1 aromatic carbocycles. The molecule has 0 amide bonds. The second-order valence-electron chi connectivity index (χ2n) is 2.56. The first-order valence-corrected chi connectivity index (χ1v) is 5.15. The Labute approximate surface area is 78.1 Å². The van der Waals surface area contributed by atoms with E-state index in [9.17, 15) is 4.21 Å². The van der Waals surface area contributed by atoms with Crippen LogP contribution in [0.25, 0.3) is 11.0 Å². The van der Waals surface area contributed by atoms with Gasteiger partial charge in [0, 0.05) is 17.7 Å². The van der Waals surface area contributed by atoms with Gasteiger partial charge in [0.2, 0.25) is 0 Å². The molecule has 1 atom stereocenters. The fourth-order valence-electron chi connectivity index (χ4n) is 1.10. The molecule has 70 valence electrons. The summed E-state index contributed by atoms with van der Waals surface area (Å²) in [5, 5.41) is 1.54. The van der Waals surface area contributed by atoms with E-state index in [4.69, 9.17) is 4.42 Å². The Kier molecular flexibility index (Phi) is 2.85. The third-order valence-electron chi connectivity index (χ3n) is 1.69. The van der Waals surface area contributed by atoms with Crippen LogP contribution in [0.1, 0.15) is 0 Å². The van der Waals surface area contributed by atoms with E-state index < -0.39 is 10.8 Å². The van der Waals surface area contributed by atoms with Crippen molar-refractivity contribution in [3.05, 3.63) is 30.3 Å². The molecule has 1 aromatic heterocycles. The number of benzene rings is 1. The van der Waals surface area contributed by atoms with E-state index >= 15 is 0 Å². The minimum Gasteiger partial charge on any atom is -0.447 e. The Morgan fingerprint density at radius 3 is 2.62 bits per heavy atom. The SMILES string of the molecule is CS(=O)c1cc2ccccc2o1.O. The minimum absolute atomic E-state index is 0. The van der Waals surface area contributed by atoms with E-state index in [0.29, 0.717) is 5.09 Å². The number of hydrogen-bond acceptors (Lipinski definition) is 2. The summed E-state index contributed by atoms with van der Waals surface area (Å²) < 4.78 is 16.4. The van der Waals surface area contributed by atoms with Gasteiger partial charge in [0.25, 0.3) is 0 Å². The van der Waals surface area contributed by atoms with Crippen LogP contribution in [0.5, 0.6) is 0 Å². The fraction of sp³-hybridized carbons (Fsp3) is 0.111. The Morgan fingerprint density at radius 1 is 1.31 bits per heavy atom. The summed E-state index contributed by atoms with van der Waals surface area (Å²) in [5.74, 6) is 0. The van der Waals surface area contributed by atoms with Crippen LogP contribution in [0.4, 0.5) is 0 Å². The maximum Gasteiger partial charge on any atom is 0.191 e. The van der Waals surface area contributed by atoms with E-state index in [1.165, 1.54) is 0 Å². The second-order valence-corrected chi connectivity index (χ2v) is 3.87. The quantitative estimate of drug-likeness (QED) is 0.694. The van der Waals surface area contributed by atoms with Crippen molar-refractivity contribution in [1.82, 2.24) is 0 Å². The molecule has 0 fully saturated rings. The molecule has 3 nitrogen and oxygen atoms in total. The zero-order valence-electron chi connectivity index (χ0n) is 7.11. The number of fused-ring (bicyclic) bond motifs is 1. The highest BCUT2D eigenvalue weighted by Crippen LogP contribution is 2.20. The summed E-state index contributed by atoms with van der Waals surface area (Å²) in [6.07, 6.45) is 1.61. The Bertz CT molecular complexity index is 400. The standard InChI is InChI=1S/C9H8O2S.H2O/c1-12(10)9-6-7-4-2-3-5-8(7)11-9;/h2-6H,1H3;1H2. The van der Waals surface area contributed by atoms with Crippen LogP contribution >= 0.6 is 0 Å². The lowest BCUT2D eigenvalue weighted by atomic mass is 10.3. The van der Waals surface area contributed by atoms with Gasteiger partial charge in [0.1, 0.15) is 5.58 Å². The normalized spacial score (nSPS) is 12.4. The predicted molar refractivity (Wildman–Crippen MR) is 52.2 cm³/mol. The summed E-state index contributed by atoms with van der Waals surface area (Å²) in [5.41, 5.74) is 0.794. The highest BCUT2D eigenvalue weighted by molar-refractivity contribution is 7.84. The summed E-state index contributed by atoms with van der Waals surface area (Å²) >= 11 is 0. The summed E-state index contributed by atoms with van der Waals surface area (Å²) in [4.78, 5) is 0. The van der Waals surface area contributed by atoms with Crippen molar-refractivity contribution < 1.29 is 14.1 Å². The van der Waals surface area contributed by atoms with Crippen molar-refractivity contribution in [2.24, 2.45) is 0 Å². The van der Waals surface area contributed by atoms with Crippen LogP contribution in [-0.4, -0.2) is 15.9 Å². The van der Waals surface area contributed by atoms with Crippen molar-refractivity contribution in [2.75, 3.05) is 6.26 Å². The van der Waals surface area contributed by atoms with Crippen LogP contribution < -0.4 is 0 Å². The van der Waals surface area contributed by atoms with Gasteiger partial charge in [-0.05, 0) is 6.07 Å². The third kappa shape index (κ3) is 1.79. The first kappa shape index (κ1) is 9.95. The maximum absolute atomic E-state index is 11.0. The number of furan rings is 1. The van der Waals surface area contributed by atoms with Crippen LogP contribution in [0, 0.1) is 0 Å². The fourth-order valence-corrected chi connectivity index (χ4v) is 1.60. The van der Waals surface area contributed by atoms with Crippen molar-refractivity contribution in [1.29, 1.82) is 0 Å². The molecule has 0 aliphatic carbocycles. The smallest absolute Gasteiger partial charge is 0.191 e. The molecule has 0 saturated heterocycles. The molecule has 0 bridgehead atoms. The van der Waals surface area contributed by atoms with E-state index in [1.807, 2.05) is 30.3 Å². The highest BCUT2D eigenvalue weighted by Gasteiger charge is 2.04. The molecular formula is C9H10O3S. The Hall–Kier alpha value is -1.13. The third-order valence-corrected chi connectivity index (χ3v) is 2.45. The van der Waals surface area contributed by atoms with Gasteiger partial charge in [0.15, 0.2) is 5.09 Å². The van der Waals surface area contributed by atoms with E-state index in [1.54, 1.807) is 6.26 Å². The molecule has 2 N–H and O–H groups in total. The molecule has 0 aliphatic heterocycles. The zero-order valence-corrected chi connectivity index (χ0v) is 7.93. The van der Waals surface area contributed by atoms with Gasteiger partial charge in [-0.25, -0.2) is 0 Å². The lowest BCUT2D eigenvalue weighted by Gasteiger charge is -1.84. The molecule has 0 aliphatic rings. The van der Waals surface area contributed by atoms with Crippen LogP contribution in [0.15, 0.2) is 39.8 Å². The summed E-state index contributed by atoms with van der Waals surface area (Å²) in [7, 11) is -1.03. The van der Waals surface area contributed by atoms with E-state index in [2.05, 4.69) is 0 Å². The number of rotatable bonds is 1. The summed E-state index contributed by atoms with van der Waals surface area (Å²) in [6, 6.07) is 9.45. The van der Waals surface area contributed by atoms with Gasteiger partial charge in [-0.15, -0.1) is 0 Å². The molecule has 4 heteroatoms. The van der Waals surface area contributed by atoms with Crippen molar-refractivity contribution in [2.45, 2.75) is 5.09 Å². The van der Waals surface area contributed by atoms with Crippen LogP contribution in [0.2, 0.25) is 0 Å². The first-order valence-electron chi connectivity index (χ1n) is 3.59. The molecular weight excluding hydrogens is 188 g/mol. The van der Waals surface area contributed by atoms with Crippen LogP contribution in [0.3, 0.4) is 0 Å². The average molecular weight is 198 g/mol. The van der Waals surface area contributed by atoms with Gasteiger partial charge in [-0.2, -0.15) is 0 Å². The second kappa shape index (κ2) is 3.72. The van der Waals surface area contributed by atoms with Gasteiger partial charge in [-0.3, -0.25) is 4.21 Å². The van der Waals surface area contributed by atoms with E-state index in [-0.39, 0.29) is 5.48 Å². The maximum atomic E-state index is 11.0. The van der Waals surface area contributed by atoms with Crippen molar-refractivity contribution in [3.8, 4) is 0 Å². The molecule has 0 radical (unpaired) electrons. The van der Waals surface area contributed by atoms with Gasteiger partial charge >= 0.3 is 0 Å². The predicted octanol–water partition coefficient (Wildman–Crippen LogP) is 1.35. The number of hydrogen-bond donors (Lipinski definition) is 0. The molecule has 13 heavy (non-hydrogen) atoms. The lowest BCUT2D eigenvalue weighted by molar-refractivity contribution is 0.504. The van der Waals surface area contributed by atoms with Gasteiger partial charge in [0.05, 0.1) is 10.8 Å². The Balaban J connectivity index is 0.000000845. The zero-order chi connectivity index (χ0) is 8.55. The summed E-state index contributed by atoms with van der Waals surface area (Å²) in [6.45, 7) is 0. The molecule has 0 saturated carbocycles. The monoisotopic (exact) mass is 198 g/mol. The van der Waals surface area contributed by atoms with Crippen molar-refractivity contribution >= 4 is 21.8 Å². The topological polar surface area (TPSA) is 61.7 Å². The van der Waals surface area contributed by atoms with Gasteiger partial charge < -0.3 is 9.89 Å². The molecule has 1 heterocycles.